The number of thiazole rings is 1. The molecule has 94 valence electrons. The van der Waals surface area contributed by atoms with Crippen LogP contribution in [-0.4, -0.2) is 41.4 Å². The number of morpholine rings is 1. The van der Waals surface area contributed by atoms with Crippen molar-refractivity contribution in [3.8, 4) is 0 Å². The number of aromatic carboxylic acids is 1. The van der Waals surface area contributed by atoms with E-state index in [9.17, 15) is 4.79 Å². The zero-order chi connectivity index (χ0) is 12.3. The van der Waals surface area contributed by atoms with Crippen LogP contribution in [0.15, 0.2) is 6.07 Å². The first-order chi connectivity index (χ1) is 8.70. The van der Waals surface area contributed by atoms with Crippen molar-refractivity contribution in [1.29, 1.82) is 0 Å². The Morgan fingerprint density at radius 3 is 3.06 bits per heavy atom. The zero-order valence-electron chi connectivity index (χ0n) is 9.33. The summed E-state index contributed by atoms with van der Waals surface area (Å²) in [6, 6.07) is 2.17. The molecular formula is C11H10N2O3S2. The molecule has 2 unspecified atom stereocenters. The Bertz CT molecular complexity index is 604. The molecule has 0 aliphatic carbocycles. The maximum atomic E-state index is 10.9. The van der Waals surface area contributed by atoms with Crippen LogP contribution in [-0.2, 0) is 4.74 Å². The molecule has 7 heteroatoms. The predicted octanol–water partition coefficient (Wildman–Crippen LogP) is 2.03. The van der Waals surface area contributed by atoms with Gasteiger partial charge in [0.15, 0.2) is 5.13 Å². The predicted molar refractivity (Wildman–Crippen MR) is 69.9 cm³/mol. The molecule has 2 saturated heterocycles. The Morgan fingerprint density at radius 1 is 1.56 bits per heavy atom. The summed E-state index contributed by atoms with van der Waals surface area (Å²) in [5, 5.41) is 9.93. The number of hydrogen-bond acceptors (Lipinski definition) is 6. The number of anilines is 1. The summed E-state index contributed by atoms with van der Waals surface area (Å²) in [6.07, 6.45) is 1.44. The van der Waals surface area contributed by atoms with Gasteiger partial charge < -0.3 is 14.7 Å². The van der Waals surface area contributed by atoms with Gasteiger partial charge in [0.25, 0.3) is 0 Å². The summed E-state index contributed by atoms with van der Waals surface area (Å²) < 4.78 is 6.54. The Labute approximate surface area is 111 Å². The van der Waals surface area contributed by atoms with Crippen molar-refractivity contribution in [2.24, 2.45) is 0 Å². The van der Waals surface area contributed by atoms with Crippen LogP contribution in [0.2, 0.25) is 0 Å². The Hall–Kier alpha value is -1.18. The van der Waals surface area contributed by atoms with Crippen LogP contribution in [0.5, 0.6) is 0 Å². The summed E-state index contributed by atoms with van der Waals surface area (Å²) in [5.74, 6) is -0.875. The van der Waals surface area contributed by atoms with Gasteiger partial charge in [-0.25, -0.2) is 9.78 Å². The third kappa shape index (κ3) is 1.47. The first-order valence-electron chi connectivity index (χ1n) is 5.72. The average Bonchev–Trinajstić information content (AvgIpc) is 3.06. The largest absolute Gasteiger partial charge is 0.477 e. The minimum atomic E-state index is -0.875. The molecule has 0 amide bonds. The summed E-state index contributed by atoms with van der Waals surface area (Å²) in [5.41, 5.74) is 0. The van der Waals surface area contributed by atoms with Crippen LogP contribution in [0.1, 0.15) is 16.1 Å². The molecule has 0 saturated carbocycles. The van der Waals surface area contributed by atoms with Gasteiger partial charge in [0.05, 0.1) is 23.5 Å². The van der Waals surface area contributed by atoms with E-state index >= 15 is 0 Å². The topological polar surface area (TPSA) is 62.7 Å². The third-order valence-electron chi connectivity index (χ3n) is 3.43. The highest BCUT2D eigenvalue weighted by molar-refractivity contribution is 7.29. The standard InChI is InChI=1S/C11H10N2O3S2/c14-10(15)8-2-7-9(17-8)12-11(18-7)13-3-6-1-5(13)4-16-6/h2,5-6H,1,3-4H2,(H,14,15). The van der Waals surface area contributed by atoms with Crippen molar-refractivity contribution in [3.63, 3.8) is 0 Å². The second kappa shape index (κ2) is 3.66. The molecule has 0 radical (unpaired) electrons. The molecule has 2 aromatic heterocycles. The quantitative estimate of drug-likeness (QED) is 0.913. The normalized spacial score (nSPS) is 26.3. The third-order valence-corrected chi connectivity index (χ3v) is 5.62. The van der Waals surface area contributed by atoms with Crippen molar-refractivity contribution in [3.05, 3.63) is 10.9 Å². The molecule has 0 aromatic carbocycles. The lowest BCUT2D eigenvalue weighted by molar-refractivity contribution is 0.0702. The average molecular weight is 282 g/mol. The van der Waals surface area contributed by atoms with Crippen molar-refractivity contribution >= 4 is 43.3 Å². The van der Waals surface area contributed by atoms with Gasteiger partial charge in [0.1, 0.15) is 9.71 Å². The Balaban J connectivity index is 1.70. The van der Waals surface area contributed by atoms with Gasteiger partial charge in [-0.15, -0.1) is 11.3 Å². The van der Waals surface area contributed by atoms with Crippen molar-refractivity contribution in [2.45, 2.75) is 18.6 Å². The SMILES string of the molecule is O=C(O)c1cc2sc(N3CC4CC3CO4)nc2s1. The first kappa shape index (κ1) is 10.7. The van der Waals surface area contributed by atoms with Crippen LogP contribution in [0.3, 0.4) is 0 Å². The van der Waals surface area contributed by atoms with E-state index in [1.807, 2.05) is 0 Å². The van der Waals surface area contributed by atoms with Gasteiger partial charge >= 0.3 is 5.97 Å². The van der Waals surface area contributed by atoms with Gasteiger partial charge in [-0.3, -0.25) is 0 Å². The summed E-state index contributed by atoms with van der Waals surface area (Å²) >= 11 is 2.83. The van der Waals surface area contributed by atoms with Crippen LogP contribution in [0, 0.1) is 0 Å². The van der Waals surface area contributed by atoms with Gasteiger partial charge in [0.2, 0.25) is 0 Å². The van der Waals surface area contributed by atoms with Crippen molar-refractivity contribution in [2.75, 3.05) is 18.1 Å². The molecule has 2 aliphatic rings. The lowest BCUT2D eigenvalue weighted by Crippen LogP contribution is -2.36. The van der Waals surface area contributed by atoms with Crippen LogP contribution < -0.4 is 4.90 Å². The molecule has 2 atom stereocenters. The van der Waals surface area contributed by atoms with E-state index in [2.05, 4.69) is 9.88 Å². The lowest BCUT2D eigenvalue weighted by Gasteiger charge is -2.25. The van der Waals surface area contributed by atoms with Crippen LogP contribution in [0.4, 0.5) is 5.13 Å². The highest BCUT2D eigenvalue weighted by Gasteiger charge is 2.40. The molecule has 4 heterocycles. The van der Waals surface area contributed by atoms with E-state index in [1.165, 1.54) is 11.3 Å². The van der Waals surface area contributed by atoms with Gasteiger partial charge in [-0.05, 0) is 12.5 Å². The second-order valence-electron chi connectivity index (χ2n) is 4.58. The monoisotopic (exact) mass is 282 g/mol. The molecule has 2 aliphatic heterocycles. The Kier molecular flexibility index (Phi) is 2.18. The summed E-state index contributed by atoms with van der Waals surface area (Å²) in [4.78, 5) is 18.9. The minimum absolute atomic E-state index is 0.353. The van der Waals surface area contributed by atoms with E-state index in [0.29, 0.717) is 17.0 Å². The molecular weight excluding hydrogens is 272 g/mol. The van der Waals surface area contributed by atoms with E-state index in [0.717, 1.165) is 34.2 Å². The zero-order valence-corrected chi connectivity index (χ0v) is 11.0. The molecule has 1 N–H and O–H groups in total. The number of ether oxygens (including phenoxy) is 1. The van der Waals surface area contributed by atoms with Crippen LogP contribution >= 0.6 is 22.7 Å². The van der Waals surface area contributed by atoms with Gasteiger partial charge in [-0.2, -0.15) is 0 Å². The number of thiophene rings is 1. The van der Waals surface area contributed by atoms with E-state index in [1.54, 1.807) is 17.4 Å². The fourth-order valence-electron chi connectivity index (χ4n) is 2.59. The van der Waals surface area contributed by atoms with Gasteiger partial charge in [0, 0.05) is 6.54 Å². The molecule has 4 rings (SSSR count). The highest BCUT2D eigenvalue weighted by Crippen LogP contribution is 2.39. The minimum Gasteiger partial charge on any atom is -0.477 e. The molecule has 0 spiro atoms. The number of hydrogen-bond donors (Lipinski definition) is 1. The number of carboxylic acids is 1. The molecule has 5 nitrogen and oxygen atoms in total. The van der Waals surface area contributed by atoms with Crippen LogP contribution in [0.25, 0.3) is 9.53 Å². The highest BCUT2D eigenvalue weighted by atomic mass is 32.1. The molecule has 18 heavy (non-hydrogen) atoms. The van der Waals surface area contributed by atoms with E-state index in [4.69, 9.17) is 9.84 Å². The maximum absolute atomic E-state index is 10.9. The van der Waals surface area contributed by atoms with E-state index < -0.39 is 5.97 Å². The Morgan fingerprint density at radius 2 is 2.44 bits per heavy atom. The first-order valence-corrected chi connectivity index (χ1v) is 7.36. The number of rotatable bonds is 2. The summed E-state index contributed by atoms with van der Waals surface area (Å²) in [6.45, 7) is 1.70. The molecule has 2 bridgehead atoms. The summed E-state index contributed by atoms with van der Waals surface area (Å²) in [7, 11) is 0. The lowest BCUT2D eigenvalue weighted by atomic mass is 10.2. The van der Waals surface area contributed by atoms with Gasteiger partial charge in [-0.1, -0.05) is 11.3 Å². The number of carboxylic acid groups (broad SMARTS) is 1. The molecule has 2 fully saturated rings. The van der Waals surface area contributed by atoms with Crippen molar-refractivity contribution < 1.29 is 14.6 Å². The fourth-order valence-corrected chi connectivity index (χ4v) is 4.72. The number of fused-ring (bicyclic) bond motifs is 3. The number of carbonyl (C=O) groups is 1. The smallest absolute Gasteiger partial charge is 0.345 e. The second-order valence-corrected chi connectivity index (χ2v) is 6.62. The maximum Gasteiger partial charge on any atom is 0.345 e. The van der Waals surface area contributed by atoms with Crippen molar-refractivity contribution in [1.82, 2.24) is 4.98 Å². The van der Waals surface area contributed by atoms with E-state index in [-0.39, 0.29) is 0 Å². The number of nitrogens with zero attached hydrogens (tertiary/aromatic N) is 2. The number of aromatic nitrogens is 1. The molecule has 2 aromatic rings. The fraction of sp³-hybridized carbons (Fsp3) is 0.455.